The van der Waals surface area contributed by atoms with Crippen LogP contribution in [0.5, 0.6) is 0 Å². The summed E-state index contributed by atoms with van der Waals surface area (Å²) in [6.07, 6.45) is 6.81. The maximum atomic E-state index is 14.0. The van der Waals surface area contributed by atoms with Crippen molar-refractivity contribution in [2.75, 3.05) is 13.2 Å². The van der Waals surface area contributed by atoms with Gasteiger partial charge in [-0.25, -0.2) is 4.90 Å². The lowest BCUT2D eigenvalue weighted by atomic mass is 9.34. The van der Waals surface area contributed by atoms with Crippen LogP contribution in [0.4, 0.5) is 0 Å². The van der Waals surface area contributed by atoms with Crippen molar-refractivity contribution in [2.45, 2.75) is 96.6 Å². The second kappa shape index (κ2) is 6.89. The first kappa shape index (κ1) is 23.5. The van der Waals surface area contributed by atoms with E-state index in [1.807, 2.05) is 6.92 Å². The van der Waals surface area contributed by atoms with E-state index >= 15 is 0 Å². The monoisotopic (exact) mass is 497 g/mol. The number of piperidine rings is 1. The van der Waals surface area contributed by atoms with Crippen LogP contribution in [0.1, 0.15) is 79.1 Å². The van der Waals surface area contributed by atoms with Gasteiger partial charge >= 0.3 is 5.97 Å². The number of aliphatic hydroxyl groups excluding tert-OH is 1. The van der Waals surface area contributed by atoms with Gasteiger partial charge in [-0.15, -0.1) is 0 Å². The molecule has 196 valence electrons. The summed E-state index contributed by atoms with van der Waals surface area (Å²) in [5, 5.41) is 10.1. The van der Waals surface area contributed by atoms with Crippen molar-refractivity contribution in [3.05, 3.63) is 11.6 Å². The molecule has 1 spiro atoms. The summed E-state index contributed by atoms with van der Waals surface area (Å²) in [7, 11) is 0. The molecule has 7 nitrogen and oxygen atoms in total. The number of nitrogens with zero attached hydrogens (tertiary/aromatic N) is 1. The maximum Gasteiger partial charge on any atom is 0.308 e. The molecule has 10 atom stereocenters. The van der Waals surface area contributed by atoms with Crippen molar-refractivity contribution in [1.82, 2.24) is 4.90 Å². The van der Waals surface area contributed by atoms with Gasteiger partial charge < -0.3 is 14.6 Å². The molecule has 4 bridgehead atoms. The van der Waals surface area contributed by atoms with Gasteiger partial charge in [-0.3, -0.25) is 14.4 Å². The number of ether oxygens (including phenoxy) is 2. The van der Waals surface area contributed by atoms with Gasteiger partial charge in [0.25, 0.3) is 0 Å². The van der Waals surface area contributed by atoms with Crippen LogP contribution in [0.3, 0.4) is 0 Å². The van der Waals surface area contributed by atoms with Gasteiger partial charge in [0.1, 0.15) is 11.5 Å². The number of Topliss-reactive ketones (excluding diaryl/α,β-unsaturated/α-hetero) is 1. The van der Waals surface area contributed by atoms with Crippen molar-refractivity contribution in [3.8, 4) is 0 Å². The van der Waals surface area contributed by atoms with E-state index in [1.54, 1.807) is 6.08 Å². The van der Waals surface area contributed by atoms with Gasteiger partial charge in [0.2, 0.25) is 0 Å². The van der Waals surface area contributed by atoms with Crippen LogP contribution < -0.4 is 0 Å². The Hall–Kier alpha value is -1.57. The van der Waals surface area contributed by atoms with Crippen molar-refractivity contribution in [2.24, 2.45) is 39.9 Å². The minimum absolute atomic E-state index is 0.00668. The molecule has 4 heterocycles. The summed E-state index contributed by atoms with van der Waals surface area (Å²) in [5.41, 5.74) is -1.80. The molecule has 7 rings (SSSR count). The van der Waals surface area contributed by atoms with Crippen LogP contribution in [0.15, 0.2) is 11.6 Å². The Balaban J connectivity index is 1.43. The fourth-order valence-corrected chi connectivity index (χ4v) is 11.0. The van der Waals surface area contributed by atoms with Crippen LogP contribution >= 0.6 is 0 Å². The number of fused-ring (bicyclic) bond motifs is 5. The molecule has 2 saturated carbocycles. The average molecular weight is 498 g/mol. The molecule has 3 aliphatic carbocycles. The number of allylic oxidation sites excluding steroid dienone is 2. The molecule has 0 amide bonds. The zero-order chi connectivity index (χ0) is 25.5. The largest absolute Gasteiger partial charge is 0.443 e. The molecule has 2 unspecified atom stereocenters. The fourth-order valence-electron chi connectivity index (χ4n) is 11.0. The Morgan fingerprint density at radius 3 is 2.67 bits per heavy atom. The smallest absolute Gasteiger partial charge is 0.308 e. The van der Waals surface area contributed by atoms with E-state index in [0.29, 0.717) is 13.0 Å². The van der Waals surface area contributed by atoms with Crippen LogP contribution in [0.2, 0.25) is 0 Å². The molecule has 0 radical (unpaired) electrons. The lowest BCUT2D eigenvalue weighted by molar-refractivity contribution is -0.379. The van der Waals surface area contributed by atoms with Gasteiger partial charge in [0.05, 0.1) is 12.5 Å². The number of esters is 1. The molecular weight excluding hydrogens is 458 g/mol. The summed E-state index contributed by atoms with van der Waals surface area (Å²) in [4.78, 5) is 43.0. The number of hydrogen-bond acceptors (Lipinski definition) is 7. The quantitative estimate of drug-likeness (QED) is 0.555. The second-order valence-electron chi connectivity index (χ2n) is 14.1. The van der Waals surface area contributed by atoms with Crippen LogP contribution in [0, 0.1) is 39.9 Å². The third kappa shape index (κ3) is 2.49. The zero-order valence-corrected chi connectivity index (χ0v) is 22.0. The Labute approximate surface area is 212 Å². The molecule has 36 heavy (non-hydrogen) atoms. The van der Waals surface area contributed by atoms with E-state index in [1.165, 1.54) is 0 Å². The lowest BCUT2D eigenvalue weighted by Crippen LogP contribution is -2.82. The molecule has 4 saturated heterocycles. The van der Waals surface area contributed by atoms with Crippen LogP contribution in [-0.4, -0.2) is 58.2 Å². The highest BCUT2D eigenvalue weighted by atomic mass is 16.6. The predicted molar refractivity (Wildman–Crippen MR) is 129 cm³/mol. The number of aliphatic hydroxyl groups is 1. The fraction of sp³-hybridized carbons (Fsp3) is 0.828. The standard InChI is InChI=1S/C29H39NO6/c1-16-7-20-19(21(32)8-16)10-22(33)24-25(20,2)15-29-27(4,26(24,3)12-23(34)36-29)5-6-28-11-17(14-31)9-18(35-28)13-30(28)29/h8,17-20,24,31H,5-7,9-15H2,1-4H3/t17-,18+,19-,20?,24-,25-,26-,27-,28?,29+/m0/s1. The van der Waals surface area contributed by atoms with Crippen molar-refractivity contribution >= 4 is 17.5 Å². The SMILES string of the molecule is CC1=CC(=O)[C@H]2CC(=O)[C@H]3[C@@](C)(C[C@@]45OC(=O)C[C@]3(C)[C@]4(C)CCC34C[C@@H](CO)C[C@H](CN35)O4)C2C1. The first-order valence-electron chi connectivity index (χ1n) is 13.9. The number of carbonyl (C=O) groups is 3. The number of ketones is 2. The van der Waals surface area contributed by atoms with Gasteiger partial charge in [-0.1, -0.05) is 26.3 Å². The summed E-state index contributed by atoms with van der Waals surface area (Å²) in [6.45, 7) is 9.50. The second-order valence-corrected chi connectivity index (χ2v) is 14.1. The normalized spacial score (nSPS) is 55.6. The van der Waals surface area contributed by atoms with Gasteiger partial charge in [-0.2, -0.15) is 0 Å². The summed E-state index contributed by atoms with van der Waals surface area (Å²) in [6, 6.07) is 0. The molecular formula is C29H39NO6. The minimum atomic E-state index is -0.889. The molecule has 0 aromatic rings. The number of carbonyl (C=O) groups excluding carboxylic acids is 3. The molecule has 0 aromatic heterocycles. The van der Waals surface area contributed by atoms with E-state index < -0.39 is 27.7 Å². The van der Waals surface area contributed by atoms with Gasteiger partial charge in [0, 0.05) is 43.2 Å². The number of rotatable bonds is 1. The summed E-state index contributed by atoms with van der Waals surface area (Å²) < 4.78 is 13.3. The van der Waals surface area contributed by atoms with Crippen LogP contribution in [-0.2, 0) is 23.9 Å². The maximum absolute atomic E-state index is 14.0. The summed E-state index contributed by atoms with van der Waals surface area (Å²) >= 11 is 0. The predicted octanol–water partition coefficient (Wildman–Crippen LogP) is 3.39. The van der Waals surface area contributed by atoms with E-state index in [9.17, 15) is 19.5 Å². The molecule has 1 N–H and O–H groups in total. The number of hydrogen-bond donors (Lipinski definition) is 1. The van der Waals surface area contributed by atoms with E-state index in [2.05, 4.69) is 25.7 Å². The molecule has 6 fully saturated rings. The lowest BCUT2D eigenvalue weighted by Gasteiger charge is -2.76. The van der Waals surface area contributed by atoms with Crippen molar-refractivity contribution in [1.29, 1.82) is 0 Å². The molecule has 7 aliphatic rings. The Morgan fingerprint density at radius 1 is 1.14 bits per heavy atom. The highest BCUT2D eigenvalue weighted by Gasteiger charge is 2.82. The topological polar surface area (TPSA) is 93.1 Å². The third-order valence-electron chi connectivity index (χ3n) is 12.4. The first-order valence-corrected chi connectivity index (χ1v) is 13.9. The summed E-state index contributed by atoms with van der Waals surface area (Å²) in [5.74, 6) is -0.311. The van der Waals surface area contributed by atoms with Gasteiger partial charge in [0.15, 0.2) is 11.5 Å². The highest BCUT2D eigenvalue weighted by Crippen LogP contribution is 2.77. The first-order chi connectivity index (χ1) is 16.9. The van der Waals surface area contributed by atoms with E-state index in [-0.39, 0.29) is 66.8 Å². The minimum Gasteiger partial charge on any atom is -0.443 e. The zero-order valence-electron chi connectivity index (χ0n) is 22.0. The van der Waals surface area contributed by atoms with Crippen LogP contribution in [0.25, 0.3) is 0 Å². The molecule has 4 aliphatic heterocycles. The Morgan fingerprint density at radius 2 is 1.92 bits per heavy atom. The molecule has 0 aromatic carbocycles. The average Bonchev–Trinajstić information content (AvgIpc) is 3.06. The van der Waals surface area contributed by atoms with Crippen molar-refractivity contribution in [3.63, 3.8) is 0 Å². The Bertz CT molecular complexity index is 1120. The Kier molecular flexibility index (Phi) is 4.51. The van der Waals surface area contributed by atoms with Gasteiger partial charge in [-0.05, 0) is 67.8 Å². The third-order valence-corrected chi connectivity index (χ3v) is 12.4. The molecule has 7 heteroatoms. The van der Waals surface area contributed by atoms with E-state index in [4.69, 9.17) is 9.47 Å². The van der Waals surface area contributed by atoms with E-state index in [0.717, 1.165) is 37.7 Å². The highest BCUT2D eigenvalue weighted by molar-refractivity contribution is 5.99. The van der Waals surface area contributed by atoms with Crippen molar-refractivity contribution < 1.29 is 29.0 Å².